The molecule has 0 fully saturated rings. The molecule has 3 heteroatoms. The summed E-state index contributed by atoms with van der Waals surface area (Å²) < 4.78 is 2.22. The number of rotatable bonds is 8. The maximum Gasteiger partial charge on any atom is 0.109 e. The number of imidazole rings is 1. The molecule has 0 spiro atoms. The highest BCUT2D eigenvalue weighted by atomic mass is 15.1. The molecule has 1 aromatic heterocycles. The normalized spacial score (nSPS) is 11.3. The van der Waals surface area contributed by atoms with Crippen LogP contribution in [0.4, 0.5) is 0 Å². The van der Waals surface area contributed by atoms with Crippen molar-refractivity contribution in [1.82, 2.24) is 9.55 Å². The van der Waals surface area contributed by atoms with Gasteiger partial charge in [-0.25, -0.2) is 4.98 Å². The van der Waals surface area contributed by atoms with Gasteiger partial charge in [0.15, 0.2) is 0 Å². The number of nitrogens with two attached hydrogens (primary N) is 1. The van der Waals surface area contributed by atoms with Crippen LogP contribution in [0.3, 0.4) is 0 Å². The highest BCUT2D eigenvalue weighted by molar-refractivity contribution is 5.79. The molecule has 2 aromatic rings. The highest BCUT2D eigenvalue weighted by Gasteiger charge is 2.09. The molecule has 0 saturated heterocycles. The molecular weight excluding hydrogens is 246 g/mol. The summed E-state index contributed by atoms with van der Waals surface area (Å²) in [4.78, 5) is 4.80. The van der Waals surface area contributed by atoms with Crippen LogP contribution in [0.1, 0.15) is 56.8 Å². The molecule has 0 atom stereocenters. The lowest BCUT2D eigenvalue weighted by Crippen LogP contribution is -1.98. The van der Waals surface area contributed by atoms with Gasteiger partial charge in [-0.2, -0.15) is 0 Å². The second-order valence-electron chi connectivity index (χ2n) is 5.59. The van der Waals surface area contributed by atoms with E-state index in [2.05, 4.69) is 36.7 Å². The quantitative estimate of drug-likeness (QED) is 0.740. The van der Waals surface area contributed by atoms with E-state index in [0.29, 0.717) is 6.54 Å². The topological polar surface area (TPSA) is 43.8 Å². The molecule has 0 aliphatic rings. The van der Waals surface area contributed by atoms with Gasteiger partial charge in [-0.3, -0.25) is 0 Å². The average Bonchev–Trinajstić information content (AvgIpc) is 2.79. The van der Waals surface area contributed by atoms with Crippen LogP contribution in [0.15, 0.2) is 18.2 Å². The molecule has 0 amide bonds. The van der Waals surface area contributed by atoms with E-state index in [1.54, 1.807) is 0 Å². The van der Waals surface area contributed by atoms with Crippen molar-refractivity contribution in [3.8, 4) is 0 Å². The van der Waals surface area contributed by atoms with Crippen molar-refractivity contribution in [2.24, 2.45) is 12.8 Å². The van der Waals surface area contributed by atoms with Crippen molar-refractivity contribution < 1.29 is 0 Å². The predicted molar refractivity (Wildman–Crippen MR) is 85.7 cm³/mol. The summed E-state index contributed by atoms with van der Waals surface area (Å²) in [6.45, 7) is 2.82. The molecule has 3 nitrogen and oxygen atoms in total. The van der Waals surface area contributed by atoms with Crippen LogP contribution in [0.2, 0.25) is 0 Å². The first kappa shape index (κ1) is 15.0. The molecule has 0 radical (unpaired) electrons. The van der Waals surface area contributed by atoms with Crippen LogP contribution >= 0.6 is 0 Å². The van der Waals surface area contributed by atoms with E-state index in [4.69, 9.17) is 10.7 Å². The summed E-state index contributed by atoms with van der Waals surface area (Å²) in [6, 6.07) is 6.27. The second-order valence-corrected chi connectivity index (χ2v) is 5.59. The number of aryl methyl sites for hydroxylation is 2. The Bertz CT molecular complexity index is 542. The first-order chi connectivity index (χ1) is 9.77. The molecule has 0 aliphatic carbocycles. The van der Waals surface area contributed by atoms with E-state index in [-0.39, 0.29) is 0 Å². The maximum absolute atomic E-state index is 5.79. The summed E-state index contributed by atoms with van der Waals surface area (Å²) in [6.07, 6.45) is 9.02. The van der Waals surface area contributed by atoms with Crippen molar-refractivity contribution in [1.29, 1.82) is 0 Å². The van der Waals surface area contributed by atoms with E-state index in [1.807, 2.05) is 0 Å². The average molecular weight is 273 g/mol. The molecule has 0 aliphatic heterocycles. The number of hydrogen-bond donors (Lipinski definition) is 1. The van der Waals surface area contributed by atoms with Crippen molar-refractivity contribution in [2.75, 3.05) is 0 Å². The van der Waals surface area contributed by atoms with E-state index in [1.165, 1.54) is 49.9 Å². The third kappa shape index (κ3) is 3.40. The number of para-hydroxylation sites is 1. The number of aromatic nitrogens is 2. The number of hydrogen-bond acceptors (Lipinski definition) is 2. The number of unbranched alkanes of at least 4 members (excludes halogenated alkanes) is 5. The van der Waals surface area contributed by atoms with Crippen LogP contribution in [0.5, 0.6) is 0 Å². The Morgan fingerprint density at radius 3 is 2.60 bits per heavy atom. The zero-order chi connectivity index (χ0) is 14.4. The smallest absolute Gasteiger partial charge is 0.109 e. The Hall–Kier alpha value is -1.35. The monoisotopic (exact) mass is 273 g/mol. The van der Waals surface area contributed by atoms with Gasteiger partial charge in [0, 0.05) is 20.0 Å². The SMILES string of the molecule is CCCCCCCCc1nc2c(CN)cccc2n1C. The van der Waals surface area contributed by atoms with Crippen molar-refractivity contribution in [3.63, 3.8) is 0 Å². The minimum absolute atomic E-state index is 0.560. The van der Waals surface area contributed by atoms with Crippen molar-refractivity contribution in [3.05, 3.63) is 29.6 Å². The van der Waals surface area contributed by atoms with Gasteiger partial charge in [0.05, 0.1) is 11.0 Å². The Morgan fingerprint density at radius 2 is 1.85 bits per heavy atom. The minimum atomic E-state index is 0.560. The number of benzene rings is 1. The van der Waals surface area contributed by atoms with Crippen LogP contribution in [0, 0.1) is 0 Å². The lowest BCUT2D eigenvalue weighted by atomic mass is 10.1. The van der Waals surface area contributed by atoms with E-state index in [0.717, 1.165) is 17.5 Å². The Morgan fingerprint density at radius 1 is 1.10 bits per heavy atom. The predicted octanol–water partition coefficient (Wildman–Crippen LogP) is 3.94. The Kier molecular flexibility index (Phi) is 5.60. The molecule has 0 unspecified atom stereocenters. The van der Waals surface area contributed by atoms with Crippen molar-refractivity contribution in [2.45, 2.75) is 58.4 Å². The lowest BCUT2D eigenvalue weighted by Gasteiger charge is -2.02. The molecule has 110 valence electrons. The molecule has 20 heavy (non-hydrogen) atoms. The van der Waals surface area contributed by atoms with E-state index in [9.17, 15) is 0 Å². The molecule has 0 bridgehead atoms. The van der Waals surface area contributed by atoms with Gasteiger partial charge in [0.25, 0.3) is 0 Å². The van der Waals surface area contributed by atoms with Gasteiger partial charge in [0.1, 0.15) is 5.82 Å². The zero-order valence-electron chi connectivity index (χ0n) is 12.9. The van der Waals surface area contributed by atoms with Crippen LogP contribution in [-0.4, -0.2) is 9.55 Å². The first-order valence-electron chi connectivity index (χ1n) is 7.91. The molecule has 2 N–H and O–H groups in total. The third-order valence-corrected chi connectivity index (χ3v) is 4.06. The summed E-state index contributed by atoms with van der Waals surface area (Å²) in [5.41, 5.74) is 9.22. The highest BCUT2D eigenvalue weighted by Crippen LogP contribution is 2.20. The zero-order valence-corrected chi connectivity index (χ0v) is 12.9. The fraction of sp³-hybridized carbons (Fsp3) is 0.588. The summed E-state index contributed by atoms with van der Waals surface area (Å²) >= 11 is 0. The van der Waals surface area contributed by atoms with Crippen molar-refractivity contribution >= 4 is 11.0 Å². The molecule has 2 rings (SSSR count). The summed E-state index contributed by atoms with van der Waals surface area (Å²) in [7, 11) is 2.11. The number of fused-ring (bicyclic) bond motifs is 1. The second kappa shape index (κ2) is 7.44. The van der Waals surface area contributed by atoms with Gasteiger partial charge in [0.2, 0.25) is 0 Å². The molecular formula is C17H27N3. The van der Waals surface area contributed by atoms with Crippen LogP contribution in [-0.2, 0) is 20.0 Å². The summed E-state index contributed by atoms with van der Waals surface area (Å²) in [5.74, 6) is 1.19. The third-order valence-electron chi connectivity index (χ3n) is 4.06. The standard InChI is InChI=1S/C17H27N3/c1-3-4-5-6-7-8-12-16-19-17-14(13-18)10-9-11-15(17)20(16)2/h9-11H,3-8,12-13,18H2,1-2H3. The Labute approximate surface area is 122 Å². The fourth-order valence-corrected chi connectivity index (χ4v) is 2.77. The largest absolute Gasteiger partial charge is 0.331 e. The summed E-state index contributed by atoms with van der Waals surface area (Å²) in [5, 5.41) is 0. The molecule has 1 aromatic carbocycles. The molecule has 0 saturated carbocycles. The fourth-order valence-electron chi connectivity index (χ4n) is 2.77. The van der Waals surface area contributed by atoms with Crippen LogP contribution in [0.25, 0.3) is 11.0 Å². The minimum Gasteiger partial charge on any atom is -0.331 e. The van der Waals surface area contributed by atoms with E-state index < -0.39 is 0 Å². The number of nitrogens with zero attached hydrogens (tertiary/aromatic N) is 2. The van der Waals surface area contributed by atoms with Gasteiger partial charge in [-0.15, -0.1) is 0 Å². The maximum atomic E-state index is 5.79. The van der Waals surface area contributed by atoms with Gasteiger partial charge >= 0.3 is 0 Å². The lowest BCUT2D eigenvalue weighted by molar-refractivity contribution is 0.596. The van der Waals surface area contributed by atoms with E-state index >= 15 is 0 Å². The van der Waals surface area contributed by atoms with Crippen LogP contribution < -0.4 is 5.73 Å². The van der Waals surface area contributed by atoms with Gasteiger partial charge < -0.3 is 10.3 Å². The van der Waals surface area contributed by atoms with Gasteiger partial charge in [-0.05, 0) is 18.1 Å². The Balaban J connectivity index is 1.98. The van der Waals surface area contributed by atoms with Gasteiger partial charge in [-0.1, -0.05) is 51.2 Å². The first-order valence-corrected chi connectivity index (χ1v) is 7.91. The molecule has 1 heterocycles.